The zero-order valence-electron chi connectivity index (χ0n) is 7.97. The largest absolute Gasteiger partial charge is 0.467 e. The Morgan fingerprint density at radius 2 is 2.47 bits per heavy atom. The van der Waals surface area contributed by atoms with E-state index in [1.54, 1.807) is 18.4 Å². The molecule has 0 radical (unpaired) electrons. The Labute approximate surface area is 86.1 Å². The van der Waals surface area contributed by atoms with Gasteiger partial charge in [-0.25, -0.2) is 4.98 Å². The molecule has 0 aliphatic carbocycles. The van der Waals surface area contributed by atoms with E-state index in [4.69, 9.17) is 8.83 Å². The van der Waals surface area contributed by atoms with E-state index < -0.39 is 0 Å². The van der Waals surface area contributed by atoms with Gasteiger partial charge in [0.05, 0.1) is 24.9 Å². The highest BCUT2D eigenvalue weighted by Gasteiger charge is 2.05. The first-order valence-corrected chi connectivity index (χ1v) is 4.51. The van der Waals surface area contributed by atoms with Crippen LogP contribution in [0.3, 0.4) is 0 Å². The highest BCUT2D eigenvalue weighted by atomic mass is 16.3. The molecule has 5 heteroatoms. The highest BCUT2D eigenvalue weighted by molar-refractivity contribution is 5.77. The summed E-state index contributed by atoms with van der Waals surface area (Å²) in [7, 11) is 0. The van der Waals surface area contributed by atoms with Crippen LogP contribution in [0.1, 0.15) is 11.5 Å². The van der Waals surface area contributed by atoms with Crippen LogP contribution in [0.15, 0.2) is 39.9 Å². The molecule has 15 heavy (non-hydrogen) atoms. The molecular weight excluding hydrogens is 196 g/mol. The van der Waals surface area contributed by atoms with E-state index in [0.717, 1.165) is 5.76 Å². The molecule has 0 unspecified atom stereocenters. The lowest BCUT2D eigenvalue weighted by Crippen LogP contribution is -2.24. The molecule has 2 heterocycles. The number of carbonyl (C=O) groups excluding carboxylic acids is 1. The lowest BCUT2D eigenvalue weighted by Gasteiger charge is -2.00. The zero-order chi connectivity index (χ0) is 10.5. The molecule has 0 fully saturated rings. The van der Waals surface area contributed by atoms with Gasteiger partial charge in [0, 0.05) is 0 Å². The predicted molar refractivity (Wildman–Crippen MR) is 50.8 cm³/mol. The SMILES string of the molecule is O=C(Cc1cocn1)NCc1ccco1. The summed E-state index contributed by atoms with van der Waals surface area (Å²) in [5.74, 6) is 0.615. The van der Waals surface area contributed by atoms with Gasteiger partial charge < -0.3 is 14.2 Å². The minimum Gasteiger partial charge on any atom is -0.467 e. The quantitative estimate of drug-likeness (QED) is 0.814. The topological polar surface area (TPSA) is 68.3 Å². The van der Waals surface area contributed by atoms with Crippen LogP contribution >= 0.6 is 0 Å². The number of carbonyl (C=O) groups is 1. The molecule has 0 saturated carbocycles. The molecule has 2 aromatic heterocycles. The normalized spacial score (nSPS) is 10.1. The van der Waals surface area contributed by atoms with Crippen LogP contribution in [0, 0.1) is 0 Å². The molecule has 2 aromatic rings. The fourth-order valence-electron chi connectivity index (χ4n) is 1.15. The lowest BCUT2D eigenvalue weighted by atomic mass is 10.3. The van der Waals surface area contributed by atoms with Gasteiger partial charge in [0.1, 0.15) is 12.0 Å². The third-order valence-electron chi connectivity index (χ3n) is 1.87. The summed E-state index contributed by atoms with van der Waals surface area (Å²) in [6, 6.07) is 3.58. The molecule has 0 aliphatic rings. The molecule has 0 bridgehead atoms. The number of hydrogen-bond acceptors (Lipinski definition) is 4. The van der Waals surface area contributed by atoms with E-state index in [1.807, 2.05) is 0 Å². The van der Waals surface area contributed by atoms with E-state index in [1.165, 1.54) is 12.7 Å². The van der Waals surface area contributed by atoms with Gasteiger partial charge in [0.2, 0.25) is 5.91 Å². The van der Waals surface area contributed by atoms with Gasteiger partial charge in [0.15, 0.2) is 6.39 Å². The van der Waals surface area contributed by atoms with E-state index in [0.29, 0.717) is 12.2 Å². The second-order valence-corrected chi connectivity index (χ2v) is 3.01. The van der Waals surface area contributed by atoms with Crippen molar-refractivity contribution in [1.82, 2.24) is 10.3 Å². The molecule has 1 amide bonds. The maximum atomic E-state index is 11.4. The summed E-state index contributed by atoms with van der Waals surface area (Å²) in [5.41, 5.74) is 0.618. The number of oxazole rings is 1. The number of nitrogens with zero attached hydrogens (tertiary/aromatic N) is 1. The predicted octanol–water partition coefficient (Wildman–Crippen LogP) is 1.13. The van der Waals surface area contributed by atoms with Crippen LogP contribution in [-0.2, 0) is 17.8 Å². The van der Waals surface area contributed by atoms with Gasteiger partial charge in [0.25, 0.3) is 0 Å². The number of amides is 1. The summed E-state index contributed by atoms with van der Waals surface area (Å²) >= 11 is 0. The van der Waals surface area contributed by atoms with Gasteiger partial charge in [-0.2, -0.15) is 0 Å². The lowest BCUT2D eigenvalue weighted by molar-refractivity contribution is -0.120. The molecule has 5 nitrogen and oxygen atoms in total. The highest BCUT2D eigenvalue weighted by Crippen LogP contribution is 1.99. The molecular formula is C10H10N2O3. The van der Waals surface area contributed by atoms with Crippen LogP contribution in [0.25, 0.3) is 0 Å². The summed E-state index contributed by atoms with van der Waals surface area (Å²) in [6.45, 7) is 0.393. The molecule has 0 atom stereocenters. The van der Waals surface area contributed by atoms with Crippen molar-refractivity contribution in [3.8, 4) is 0 Å². The third-order valence-corrected chi connectivity index (χ3v) is 1.87. The molecule has 0 aromatic carbocycles. The van der Waals surface area contributed by atoms with E-state index in [9.17, 15) is 4.79 Å². The summed E-state index contributed by atoms with van der Waals surface area (Å²) in [5, 5.41) is 2.71. The average molecular weight is 206 g/mol. The molecule has 0 spiro atoms. The minimum atomic E-state index is -0.111. The Bertz CT molecular complexity index is 406. The Hall–Kier alpha value is -2.04. The average Bonchev–Trinajstić information content (AvgIpc) is 2.86. The van der Waals surface area contributed by atoms with Gasteiger partial charge in [-0.15, -0.1) is 0 Å². The van der Waals surface area contributed by atoms with Crippen molar-refractivity contribution in [1.29, 1.82) is 0 Å². The Morgan fingerprint density at radius 1 is 1.53 bits per heavy atom. The van der Waals surface area contributed by atoms with Crippen molar-refractivity contribution >= 4 is 5.91 Å². The van der Waals surface area contributed by atoms with E-state index in [-0.39, 0.29) is 12.3 Å². The van der Waals surface area contributed by atoms with Crippen LogP contribution in [0.5, 0.6) is 0 Å². The number of nitrogens with one attached hydrogen (secondary N) is 1. The van der Waals surface area contributed by atoms with Crippen molar-refractivity contribution in [2.24, 2.45) is 0 Å². The first-order chi connectivity index (χ1) is 7.34. The number of aromatic nitrogens is 1. The smallest absolute Gasteiger partial charge is 0.226 e. The van der Waals surface area contributed by atoms with Crippen molar-refractivity contribution in [2.75, 3.05) is 0 Å². The number of rotatable bonds is 4. The van der Waals surface area contributed by atoms with Crippen molar-refractivity contribution < 1.29 is 13.6 Å². The first kappa shape index (κ1) is 9.51. The van der Waals surface area contributed by atoms with Gasteiger partial charge >= 0.3 is 0 Å². The number of hydrogen-bond donors (Lipinski definition) is 1. The fraction of sp³-hybridized carbons (Fsp3) is 0.200. The monoisotopic (exact) mass is 206 g/mol. The third kappa shape index (κ3) is 2.70. The van der Waals surface area contributed by atoms with E-state index in [2.05, 4.69) is 10.3 Å². The van der Waals surface area contributed by atoms with Crippen molar-refractivity contribution in [3.05, 3.63) is 42.5 Å². The summed E-state index contributed by atoms with van der Waals surface area (Å²) in [6.07, 6.45) is 4.54. The minimum absolute atomic E-state index is 0.111. The van der Waals surface area contributed by atoms with Crippen LogP contribution in [-0.4, -0.2) is 10.9 Å². The summed E-state index contributed by atoms with van der Waals surface area (Å²) < 4.78 is 9.83. The Balaban J connectivity index is 1.78. The second-order valence-electron chi connectivity index (χ2n) is 3.01. The summed E-state index contributed by atoms with van der Waals surface area (Å²) in [4.78, 5) is 15.2. The van der Waals surface area contributed by atoms with Gasteiger partial charge in [-0.1, -0.05) is 0 Å². The molecule has 0 aliphatic heterocycles. The maximum absolute atomic E-state index is 11.4. The number of furan rings is 1. The van der Waals surface area contributed by atoms with Gasteiger partial charge in [-0.3, -0.25) is 4.79 Å². The Kier molecular flexibility index (Phi) is 2.82. The van der Waals surface area contributed by atoms with Crippen LogP contribution < -0.4 is 5.32 Å². The fourth-order valence-corrected chi connectivity index (χ4v) is 1.15. The van der Waals surface area contributed by atoms with Crippen LogP contribution in [0.2, 0.25) is 0 Å². The maximum Gasteiger partial charge on any atom is 0.226 e. The zero-order valence-corrected chi connectivity index (χ0v) is 7.97. The molecule has 1 N–H and O–H groups in total. The van der Waals surface area contributed by atoms with Gasteiger partial charge in [-0.05, 0) is 12.1 Å². The van der Waals surface area contributed by atoms with Crippen molar-refractivity contribution in [3.63, 3.8) is 0 Å². The standard InChI is InChI=1S/C10H10N2O3/c13-10(4-8-6-14-7-12-8)11-5-9-2-1-3-15-9/h1-3,6-7H,4-5H2,(H,11,13). The molecule has 78 valence electrons. The molecule has 2 rings (SSSR count). The van der Waals surface area contributed by atoms with Crippen LogP contribution in [0.4, 0.5) is 0 Å². The second kappa shape index (κ2) is 4.45. The Morgan fingerprint density at radius 3 is 3.13 bits per heavy atom. The molecule has 0 saturated heterocycles. The van der Waals surface area contributed by atoms with Crippen molar-refractivity contribution in [2.45, 2.75) is 13.0 Å². The first-order valence-electron chi connectivity index (χ1n) is 4.51. The van der Waals surface area contributed by atoms with E-state index >= 15 is 0 Å².